The highest BCUT2D eigenvalue weighted by Crippen LogP contribution is 1.99. The third-order valence-corrected chi connectivity index (χ3v) is 5.76. The minimum absolute atomic E-state index is 0.520. The first-order chi connectivity index (χ1) is 17.7. The number of aliphatic carboxylic acids is 4. The number of nitrogens with two attached hydrogens (primary N) is 6. The lowest BCUT2D eigenvalue weighted by Gasteiger charge is -2.03. The van der Waals surface area contributed by atoms with Gasteiger partial charge in [0, 0.05) is 0 Å². The molecule has 0 aromatic carbocycles. The molecule has 0 aromatic heterocycles. The van der Waals surface area contributed by atoms with Gasteiger partial charge in [-0.3, -0.25) is 19.2 Å². The molecule has 0 bridgehead atoms. The number of hydrogen-bond acceptors (Lipinski definition) is 12. The molecule has 0 spiro atoms. The van der Waals surface area contributed by atoms with Crippen molar-refractivity contribution in [3.05, 3.63) is 0 Å². The lowest BCUT2D eigenvalue weighted by atomic mass is 10.1. The molecule has 0 aliphatic heterocycles. The van der Waals surface area contributed by atoms with Crippen LogP contribution in [0.5, 0.6) is 0 Å². The Morgan fingerprint density at radius 3 is 0.947 bits per heavy atom. The van der Waals surface area contributed by atoms with Gasteiger partial charge in [-0.1, -0.05) is 12.8 Å². The van der Waals surface area contributed by atoms with E-state index in [2.05, 4.69) is 0 Å². The van der Waals surface area contributed by atoms with Crippen LogP contribution in [-0.4, -0.2) is 106 Å². The molecule has 16 heteroatoms. The normalized spacial score (nSPS) is 13.1. The molecule has 0 heterocycles. The highest BCUT2D eigenvalue weighted by Gasteiger charge is 2.11. The van der Waals surface area contributed by atoms with Crippen molar-refractivity contribution in [3.8, 4) is 0 Å². The minimum atomic E-state index is -0.933. The second kappa shape index (κ2) is 31.6. The Labute approximate surface area is 234 Å². The maximum atomic E-state index is 10.1. The Balaban J connectivity index is -0.000000203. The summed E-state index contributed by atoms with van der Waals surface area (Å²) < 4.78 is 0. The highest BCUT2D eigenvalue weighted by molar-refractivity contribution is 7.98. The number of carboxylic acids is 4. The van der Waals surface area contributed by atoms with Gasteiger partial charge >= 0.3 is 23.9 Å². The SMILES string of the molecule is CSCCC(N)C(=O)O.CSCCC(N)C(=O)O.NCCCCC(N)C(=O)O.NCCCCC(N)C(=O)O. The van der Waals surface area contributed by atoms with Crippen LogP contribution in [0.2, 0.25) is 0 Å². The molecular formula is C22H50N6O8S2. The van der Waals surface area contributed by atoms with Crippen LogP contribution in [0.1, 0.15) is 51.4 Å². The molecular weight excluding hydrogens is 540 g/mol. The number of unbranched alkanes of at least 4 members (excludes halogenated alkanes) is 2. The van der Waals surface area contributed by atoms with E-state index >= 15 is 0 Å². The van der Waals surface area contributed by atoms with E-state index in [1.165, 1.54) is 0 Å². The van der Waals surface area contributed by atoms with Crippen molar-refractivity contribution in [2.45, 2.75) is 75.5 Å². The van der Waals surface area contributed by atoms with Gasteiger partial charge in [0.15, 0.2) is 0 Å². The number of carboxylic acid groups (broad SMARTS) is 4. The standard InChI is InChI=1S/2C6H14N2O2.2C5H11NO2S/c2*7-4-2-1-3-5(8)6(9)10;2*1-9-3-2-4(6)5(7)8/h2*5H,1-4,7-8H2,(H,9,10);2*4H,2-3,6H2,1H3,(H,7,8). The van der Waals surface area contributed by atoms with Crippen molar-refractivity contribution in [2.75, 3.05) is 37.1 Å². The summed E-state index contributed by atoms with van der Waals surface area (Å²) in [4.78, 5) is 40.4. The first-order valence-corrected chi connectivity index (χ1v) is 14.8. The molecule has 0 aliphatic rings. The summed E-state index contributed by atoms with van der Waals surface area (Å²) in [6, 6.07) is -2.80. The molecule has 38 heavy (non-hydrogen) atoms. The largest absolute Gasteiger partial charge is 0.480 e. The van der Waals surface area contributed by atoms with Crippen molar-refractivity contribution in [3.63, 3.8) is 0 Å². The predicted octanol–water partition coefficient (Wildman–Crippen LogP) is -0.643. The van der Waals surface area contributed by atoms with Gasteiger partial charge in [-0.25, -0.2) is 0 Å². The van der Waals surface area contributed by atoms with Crippen molar-refractivity contribution >= 4 is 47.4 Å². The Bertz CT molecular complexity index is 558. The summed E-state index contributed by atoms with van der Waals surface area (Å²) >= 11 is 3.21. The van der Waals surface area contributed by atoms with E-state index in [0.29, 0.717) is 38.8 Å². The van der Waals surface area contributed by atoms with Crippen LogP contribution in [-0.2, 0) is 19.2 Å². The summed E-state index contributed by atoms with van der Waals surface area (Å²) in [5, 5.41) is 33.2. The van der Waals surface area contributed by atoms with E-state index in [1.807, 2.05) is 12.5 Å². The lowest BCUT2D eigenvalue weighted by Crippen LogP contribution is -2.30. The molecule has 0 aliphatic carbocycles. The fourth-order valence-corrected chi connectivity index (χ4v) is 2.98. The molecule has 0 radical (unpaired) electrons. The Morgan fingerprint density at radius 1 is 0.526 bits per heavy atom. The predicted molar refractivity (Wildman–Crippen MR) is 154 cm³/mol. The van der Waals surface area contributed by atoms with Gasteiger partial charge in [0.05, 0.1) is 0 Å². The second-order valence-corrected chi connectivity index (χ2v) is 9.88. The zero-order valence-corrected chi connectivity index (χ0v) is 24.1. The molecule has 0 saturated heterocycles. The van der Waals surface area contributed by atoms with E-state index < -0.39 is 48.0 Å². The average molecular weight is 591 g/mol. The molecule has 0 fully saturated rings. The first-order valence-electron chi connectivity index (χ1n) is 12.0. The van der Waals surface area contributed by atoms with Crippen LogP contribution < -0.4 is 34.4 Å². The van der Waals surface area contributed by atoms with Gasteiger partial charge in [-0.05, 0) is 75.6 Å². The van der Waals surface area contributed by atoms with E-state index in [1.54, 1.807) is 23.5 Å². The molecule has 0 rings (SSSR count). The van der Waals surface area contributed by atoms with Crippen molar-refractivity contribution < 1.29 is 39.6 Å². The molecule has 0 amide bonds. The van der Waals surface area contributed by atoms with Crippen LogP contribution in [0.4, 0.5) is 0 Å². The zero-order chi connectivity index (χ0) is 30.5. The number of hydrogen-bond donors (Lipinski definition) is 10. The van der Waals surface area contributed by atoms with Crippen LogP contribution in [0.3, 0.4) is 0 Å². The Morgan fingerprint density at radius 2 is 0.763 bits per heavy atom. The van der Waals surface area contributed by atoms with Gasteiger partial charge in [-0.2, -0.15) is 23.5 Å². The summed E-state index contributed by atoms with van der Waals surface area (Å²) in [6.07, 6.45) is 9.28. The van der Waals surface area contributed by atoms with Crippen LogP contribution in [0.15, 0.2) is 0 Å². The molecule has 4 unspecified atom stereocenters. The van der Waals surface area contributed by atoms with E-state index in [4.69, 9.17) is 54.8 Å². The topological polar surface area (TPSA) is 305 Å². The van der Waals surface area contributed by atoms with Crippen LogP contribution in [0, 0.1) is 0 Å². The van der Waals surface area contributed by atoms with Gasteiger partial charge < -0.3 is 54.8 Å². The van der Waals surface area contributed by atoms with Gasteiger partial charge in [0.1, 0.15) is 24.2 Å². The molecule has 16 N–H and O–H groups in total. The maximum Gasteiger partial charge on any atom is 0.320 e. The van der Waals surface area contributed by atoms with E-state index in [9.17, 15) is 19.2 Å². The molecule has 4 atom stereocenters. The molecule has 14 nitrogen and oxygen atoms in total. The minimum Gasteiger partial charge on any atom is -0.480 e. The number of carbonyl (C=O) groups is 4. The van der Waals surface area contributed by atoms with E-state index in [-0.39, 0.29) is 0 Å². The maximum absolute atomic E-state index is 10.1. The quantitative estimate of drug-likeness (QED) is 0.0887. The Hall–Kier alpha value is -1.66. The fraction of sp³-hybridized carbons (Fsp3) is 0.818. The monoisotopic (exact) mass is 590 g/mol. The van der Waals surface area contributed by atoms with E-state index in [0.717, 1.165) is 37.2 Å². The third kappa shape index (κ3) is 36.5. The number of thioether (sulfide) groups is 2. The summed E-state index contributed by atoms with van der Waals surface area (Å²) in [6.45, 7) is 1.21. The Kier molecular flexibility index (Phi) is 36.0. The second-order valence-electron chi connectivity index (χ2n) is 7.91. The zero-order valence-electron chi connectivity index (χ0n) is 22.5. The summed E-state index contributed by atoms with van der Waals surface area (Å²) in [5.41, 5.74) is 31.2. The first kappa shape index (κ1) is 43.4. The van der Waals surface area contributed by atoms with Gasteiger partial charge in [0.25, 0.3) is 0 Å². The summed E-state index contributed by atoms with van der Waals surface area (Å²) in [5.74, 6) is -2.07. The average Bonchev–Trinajstić information content (AvgIpc) is 2.86. The van der Waals surface area contributed by atoms with Crippen LogP contribution in [0.25, 0.3) is 0 Å². The molecule has 0 saturated carbocycles. The smallest absolute Gasteiger partial charge is 0.320 e. The molecule has 228 valence electrons. The lowest BCUT2D eigenvalue weighted by molar-refractivity contribution is -0.139. The fourth-order valence-electron chi connectivity index (χ4n) is 2.00. The number of rotatable bonds is 18. The summed E-state index contributed by atoms with van der Waals surface area (Å²) in [7, 11) is 0. The van der Waals surface area contributed by atoms with Gasteiger partial charge in [-0.15, -0.1) is 0 Å². The van der Waals surface area contributed by atoms with Crippen molar-refractivity contribution in [1.29, 1.82) is 0 Å². The molecule has 0 aromatic rings. The van der Waals surface area contributed by atoms with Crippen molar-refractivity contribution in [2.24, 2.45) is 34.4 Å². The highest BCUT2D eigenvalue weighted by atomic mass is 32.2. The third-order valence-electron chi connectivity index (χ3n) is 4.47. The van der Waals surface area contributed by atoms with Crippen molar-refractivity contribution in [1.82, 2.24) is 0 Å². The van der Waals surface area contributed by atoms with Crippen LogP contribution >= 0.6 is 23.5 Å². The van der Waals surface area contributed by atoms with Gasteiger partial charge in [0.2, 0.25) is 0 Å².